The van der Waals surface area contributed by atoms with E-state index in [1.807, 2.05) is 102 Å². The van der Waals surface area contributed by atoms with Gasteiger partial charge in [-0.2, -0.15) is 5.10 Å². The van der Waals surface area contributed by atoms with Gasteiger partial charge in [-0.05, 0) is 78.7 Å². The fraction of sp³-hybridized carbons (Fsp3) is 0.171. The summed E-state index contributed by atoms with van der Waals surface area (Å²) in [6.07, 6.45) is 0.815. The lowest BCUT2D eigenvalue weighted by Gasteiger charge is -2.14. The minimum atomic E-state index is 0.496. The standard InChI is InChI=1S/C41H37ClN4O4/c1-47-30-15-10-12-28(22-30)26-46-41-39(33-23-37(48-2)38(49-3)24-34(33)40(44-41)32-17-7-8-18-35(32)42)36(45-46)25-43-20-19-27-11-9-16-31(21-27)50-29-13-5-4-6-14-29/h4-18,21-24,43H,19-20,25-26H2,1-3H3. The van der Waals surface area contributed by atoms with Crippen molar-refractivity contribution in [3.05, 3.63) is 137 Å². The number of aromatic nitrogens is 3. The molecule has 0 atom stereocenters. The predicted octanol–water partition coefficient (Wildman–Crippen LogP) is 9.10. The molecule has 1 N–H and O–H groups in total. The van der Waals surface area contributed by atoms with Crippen LogP contribution in [-0.4, -0.2) is 42.6 Å². The molecule has 0 radical (unpaired) electrons. The normalized spacial score (nSPS) is 11.2. The number of halogens is 1. The van der Waals surface area contributed by atoms with E-state index in [0.717, 1.165) is 74.5 Å². The highest BCUT2D eigenvalue weighted by Crippen LogP contribution is 2.42. The Morgan fingerprint density at radius 3 is 2.12 bits per heavy atom. The summed E-state index contributed by atoms with van der Waals surface area (Å²) in [5.41, 5.74) is 5.39. The van der Waals surface area contributed by atoms with Gasteiger partial charge in [0, 0.05) is 27.9 Å². The van der Waals surface area contributed by atoms with Crippen LogP contribution in [-0.2, 0) is 19.5 Å². The molecular weight excluding hydrogens is 648 g/mol. The van der Waals surface area contributed by atoms with Crippen molar-refractivity contribution in [3.8, 4) is 40.0 Å². The Hall–Kier alpha value is -5.57. The molecule has 7 aromatic rings. The molecule has 5 aromatic carbocycles. The highest BCUT2D eigenvalue weighted by molar-refractivity contribution is 6.33. The van der Waals surface area contributed by atoms with Gasteiger partial charge in [0.05, 0.1) is 44.6 Å². The van der Waals surface area contributed by atoms with E-state index < -0.39 is 0 Å². The lowest BCUT2D eigenvalue weighted by Crippen LogP contribution is -2.17. The Balaban J connectivity index is 1.27. The van der Waals surface area contributed by atoms with Crippen LogP contribution in [0.5, 0.6) is 28.7 Å². The maximum Gasteiger partial charge on any atom is 0.161 e. The summed E-state index contributed by atoms with van der Waals surface area (Å²) in [4.78, 5) is 5.29. The van der Waals surface area contributed by atoms with Crippen LogP contribution in [0.4, 0.5) is 0 Å². The summed E-state index contributed by atoms with van der Waals surface area (Å²) >= 11 is 6.79. The van der Waals surface area contributed by atoms with Gasteiger partial charge in [-0.25, -0.2) is 9.67 Å². The number of benzene rings is 5. The maximum atomic E-state index is 6.79. The van der Waals surface area contributed by atoms with Gasteiger partial charge in [-0.3, -0.25) is 0 Å². The van der Waals surface area contributed by atoms with Crippen molar-refractivity contribution < 1.29 is 18.9 Å². The zero-order chi connectivity index (χ0) is 34.5. The number of rotatable bonds is 13. The molecule has 0 aliphatic carbocycles. The Bertz CT molecular complexity index is 2270. The smallest absolute Gasteiger partial charge is 0.161 e. The number of nitrogens with zero attached hydrogens (tertiary/aromatic N) is 3. The Kier molecular flexibility index (Phi) is 9.82. The van der Waals surface area contributed by atoms with E-state index in [1.165, 1.54) is 5.56 Å². The van der Waals surface area contributed by atoms with Crippen molar-refractivity contribution in [2.45, 2.75) is 19.5 Å². The molecule has 2 aromatic heterocycles. The van der Waals surface area contributed by atoms with Crippen LogP contribution in [0.25, 0.3) is 33.1 Å². The van der Waals surface area contributed by atoms with E-state index in [2.05, 4.69) is 23.5 Å². The highest BCUT2D eigenvalue weighted by atomic mass is 35.5. The summed E-state index contributed by atoms with van der Waals surface area (Å²) in [6.45, 7) is 1.76. The third kappa shape index (κ3) is 6.94. The second-order valence-corrected chi connectivity index (χ2v) is 12.2. The van der Waals surface area contributed by atoms with Gasteiger partial charge in [0.1, 0.15) is 17.2 Å². The number of pyridine rings is 1. The van der Waals surface area contributed by atoms with E-state index in [9.17, 15) is 0 Å². The minimum absolute atomic E-state index is 0.496. The highest BCUT2D eigenvalue weighted by Gasteiger charge is 2.22. The van der Waals surface area contributed by atoms with E-state index in [1.54, 1.807) is 21.3 Å². The summed E-state index contributed by atoms with van der Waals surface area (Å²) in [6, 6.07) is 37.7. The first kappa shape index (κ1) is 33.0. The molecule has 252 valence electrons. The molecule has 9 heteroatoms. The molecule has 0 fully saturated rings. The molecule has 0 aliphatic heterocycles. The lowest BCUT2D eigenvalue weighted by atomic mass is 10.00. The first-order valence-electron chi connectivity index (χ1n) is 16.4. The Labute approximate surface area is 296 Å². The average Bonchev–Trinajstić information content (AvgIpc) is 3.49. The molecule has 0 amide bonds. The van der Waals surface area contributed by atoms with Crippen LogP contribution in [0.3, 0.4) is 0 Å². The molecule has 8 nitrogen and oxygen atoms in total. The fourth-order valence-corrected chi connectivity index (χ4v) is 6.43. The largest absolute Gasteiger partial charge is 0.497 e. The SMILES string of the molecule is COc1cccc(Cn2nc(CNCCc3cccc(Oc4ccccc4)c3)c3c4cc(OC)c(OC)cc4c(-c4ccccc4Cl)nc32)c1. The topological polar surface area (TPSA) is 79.7 Å². The molecule has 0 spiro atoms. The fourth-order valence-electron chi connectivity index (χ4n) is 6.20. The summed E-state index contributed by atoms with van der Waals surface area (Å²) in [7, 11) is 4.95. The van der Waals surface area contributed by atoms with Crippen molar-refractivity contribution in [2.75, 3.05) is 27.9 Å². The summed E-state index contributed by atoms with van der Waals surface area (Å²) in [5.74, 6) is 3.64. The van der Waals surface area contributed by atoms with Gasteiger partial charge >= 0.3 is 0 Å². The third-order valence-electron chi connectivity index (χ3n) is 8.62. The number of para-hydroxylation sites is 1. The quantitative estimate of drug-likeness (QED) is 0.121. The molecule has 2 heterocycles. The predicted molar refractivity (Wildman–Crippen MR) is 199 cm³/mol. The second kappa shape index (κ2) is 14.9. The average molecular weight is 685 g/mol. The van der Waals surface area contributed by atoms with Gasteiger partial charge in [0.15, 0.2) is 17.1 Å². The molecule has 0 saturated heterocycles. The van der Waals surface area contributed by atoms with Crippen molar-refractivity contribution in [3.63, 3.8) is 0 Å². The van der Waals surface area contributed by atoms with E-state index in [-0.39, 0.29) is 0 Å². The monoisotopic (exact) mass is 684 g/mol. The van der Waals surface area contributed by atoms with E-state index in [4.69, 9.17) is 40.6 Å². The van der Waals surface area contributed by atoms with Crippen LogP contribution >= 0.6 is 11.6 Å². The van der Waals surface area contributed by atoms with Gasteiger partial charge in [-0.15, -0.1) is 0 Å². The van der Waals surface area contributed by atoms with E-state index >= 15 is 0 Å². The lowest BCUT2D eigenvalue weighted by molar-refractivity contribution is 0.356. The summed E-state index contributed by atoms with van der Waals surface area (Å²) in [5, 5.41) is 12.2. The van der Waals surface area contributed by atoms with Crippen LogP contribution in [0.1, 0.15) is 16.8 Å². The molecule has 0 bridgehead atoms. The van der Waals surface area contributed by atoms with Crippen LogP contribution < -0.4 is 24.3 Å². The maximum absolute atomic E-state index is 6.79. The zero-order valence-corrected chi connectivity index (χ0v) is 28.9. The minimum Gasteiger partial charge on any atom is -0.497 e. The molecule has 0 aliphatic rings. The van der Waals surface area contributed by atoms with Crippen LogP contribution in [0.15, 0.2) is 115 Å². The zero-order valence-electron chi connectivity index (χ0n) is 28.2. The van der Waals surface area contributed by atoms with Crippen molar-refractivity contribution in [1.82, 2.24) is 20.1 Å². The number of hydrogen-bond acceptors (Lipinski definition) is 7. The number of fused-ring (bicyclic) bond motifs is 3. The molecular formula is C41H37ClN4O4. The van der Waals surface area contributed by atoms with Crippen molar-refractivity contribution in [2.24, 2.45) is 0 Å². The number of hydrogen-bond donors (Lipinski definition) is 1. The summed E-state index contributed by atoms with van der Waals surface area (Å²) < 4.78 is 25.1. The molecule has 0 saturated carbocycles. The Morgan fingerprint density at radius 2 is 1.36 bits per heavy atom. The Morgan fingerprint density at radius 1 is 0.680 bits per heavy atom. The van der Waals surface area contributed by atoms with E-state index in [0.29, 0.717) is 29.6 Å². The van der Waals surface area contributed by atoms with Gasteiger partial charge in [0.25, 0.3) is 0 Å². The number of ether oxygens (including phenoxy) is 4. The first-order valence-corrected chi connectivity index (χ1v) is 16.8. The molecule has 0 unspecified atom stereocenters. The second-order valence-electron chi connectivity index (χ2n) is 11.8. The van der Waals surface area contributed by atoms with Gasteiger partial charge in [0.2, 0.25) is 0 Å². The molecule has 7 rings (SSSR count). The molecule has 50 heavy (non-hydrogen) atoms. The third-order valence-corrected chi connectivity index (χ3v) is 8.95. The van der Waals surface area contributed by atoms with Crippen molar-refractivity contribution >= 4 is 33.4 Å². The van der Waals surface area contributed by atoms with Crippen LogP contribution in [0.2, 0.25) is 5.02 Å². The number of nitrogens with one attached hydrogen (secondary N) is 1. The van der Waals surface area contributed by atoms with Crippen molar-refractivity contribution in [1.29, 1.82) is 0 Å². The van der Waals surface area contributed by atoms with Crippen LogP contribution in [0, 0.1) is 0 Å². The number of methoxy groups -OCH3 is 3. The van der Waals surface area contributed by atoms with Gasteiger partial charge < -0.3 is 24.3 Å². The first-order chi connectivity index (χ1) is 24.5. The van der Waals surface area contributed by atoms with Gasteiger partial charge in [-0.1, -0.05) is 72.3 Å².